The number of halogens is 1. The summed E-state index contributed by atoms with van der Waals surface area (Å²) in [4.78, 5) is 29.6. The summed E-state index contributed by atoms with van der Waals surface area (Å²) in [7, 11) is 2.94. The molecule has 0 bridgehead atoms. The van der Waals surface area contributed by atoms with E-state index in [1.54, 1.807) is 36.5 Å². The Morgan fingerprint density at radius 2 is 1.67 bits per heavy atom. The van der Waals surface area contributed by atoms with Gasteiger partial charge in [0.05, 0.1) is 26.2 Å². The van der Waals surface area contributed by atoms with Crippen molar-refractivity contribution in [1.82, 2.24) is 10.3 Å². The number of esters is 1. The van der Waals surface area contributed by atoms with Gasteiger partial charge in [-0.05, 0) is 88.4 Å². The van der Waals surface area contributed by atoms with E-state index in [2.05, 4.69) is 10.3 Å². The summed E-state index contributed by atoms with van der Waals surface area (Å²) in [6.45, 7) is 2.32. The largest absolute Gasteiger partial charge is 0.493 e. The number of amides is 1. The van der Waals surface area contributed by atoms with E-state index < -0.39 is 5.97 Å². The fourth-order valence-corrected chi connectivity index (χ4v) is 4.89. The Labute approximate surface area is 243 Å². The van der Waals surface area contributed by atoms with Crippen molar-refractivity contribution in [3.63, 3.8) is 0 Å². The Kier molecular flexibility index (Phi) is 8.43. The third-order valence-corrected chi connectivity index (χ3v) is 7.01. The van der Waals surface area contributed by atoms with E-state index in [1.165, 1.54) is 32.5 Å². The molecule has 1 N–H and O–H groups in total. The van der Waals surface area contributed by atoms with Crippen LogP contribution >= 0.6 is 0 Å². The summed E-state index contributed by atoms with van der Waals surface area (Å²) in [6.07, 6.45) is 4.99. The molecule has 1 aromatic heterocycles. The molecule has 8 heteroatoms. The van der Waals surface area contributed by atoms with Gasteiger partial charge in [0, 0.05) is 18.9 Å². The predicted octanol–water partition coefficient (Wildman–Crippen LogP) is 6.49. The maximum absolute atomic E-state index is 14.4. The average Bonchev–Trinajstić information content (AvgIpc) is 3.26. The molecule has 0 saturated heterocycles. The lowest BCUT2D eigenvalue weighted by Gasteiger charge is -2.15. The van der Waals surface area contributed by atoms with Crippen molar-refractivity contribution in [2.24, 2.45) is 0 Å². The Morgan fingerprint density at radius 3 is 2.33 bits per heavy atom. The highest BCUT2D eigenvalue weighted by Gasteiger charge is 2.26. The number of carbonyl (C=O) groups is 2. The smallest absolute Gasteiger partial charge is 0.345 e. The second-order valence-corrected chi connectivity index (χ2v) is 9.68. The Balaban J connectivity index is 1.47. The molecule has 0 aliphatic heterocycles. The minimum Gasteiger partial charge on any atom is -0.493 e. The number of nitrogens with zero attached hydrogens (tertiary/aromatic N) is 1. The van der Waals surface area contributed by atoms with Gasteiger partial charge in [-0.2, -0.15) is 0 Å². The third-order valence-electron chi connectivity index (χ3n) is 7.01. The number of hydrogen-bond acceptors (Lipinski definition) is 6. The molecule has 212 valence electrons. The van der Waals surface area contributed by atoms with Crippen molar-refractivity contribution >= 4 is 29.1 Å². The molecule has 3 aromatic carbocycles. The number of hydrogen-bond donors (Lipinski definition) is 1. The summed E-state index contributed by atoms with van der Waals surface area (Å²) in [5.41, 5.74) is 5.90. The number of rotatable bonds is 9. The van der Waals surface area contributed by atoms with Gasteiger partial charge in [-0.25, -0.2) is 9.18 Å². The summed E-state index contributed by atoms with van der Waals surface area (Å²) >= 11 is 0. The Morgan fingerprint density at radius 1 is 0.929 bits per heavy atom. The van der Waals surface area contributed by atoms with Crippen molar-refractivity contribution in [2.75, 3.05) is 14.2 Å². The van der Waals surface area contributed by atoms with Crippen LogP contribution in [0.5, 0.6) is 17.2 Å². The molecule has 1 amide bonds. The van der Waals surface area contributed by atoms with Crippen molar-refractivity contribution in [1.29, 1.82) is 0 Å². The van der Waals surface area contributed by atoms with E-state index in [0.717, 1.165) is 27.8 Å². The molecule has 1 aliphatic rings. The van der Waals surface area contributed by atoms with E-state index in [1.807, 2.05) is 43.3 Å². The number of allylic oxidation sites excluding steroid dienone is 2. The molecule has 0 fully saturated rings. The van der Waals surface area contributed by atoms with Gasteiger partial charge < -0.3 is 19.5 Å². The molecule has 5 rings (SSSR count). The molecular weight excluding hydrogens is 535 g/mol. The zero-order chi connectivity index (χ0) is 29.6. The van der Waals surface area contributed by atoms with Gasteiger partial charge in [0.15, 0.2) is 11.5 Å². The number of benzene rings is 3. The highest BCUT2D eigenvalue weighted by atomic mass is 19.1. The quantitative estimate of drug-likeness (QED) is 0.185. The SMILES string of the molecule is COc1cc(/C=C2/C(C)=C(CC(=O)NCc3ccccc3)c3cc(F)ccc32)cc(OC)c1OC(=O)c1cccnc1. The number of aromatic nitrogens is 1. The summed E-state index contributed by atoms with van der Waals surface area (Å²) in [5.74, 6) is -0.434. The van der Waals surface area contributed by atoms with E-state index in [-0.39, 0.29) is 41.0 Å². The van der Waals surface area contributed by atoms with Crippen LogP contribution in [0.1, 0.15) is 46.0 Å². The van der Waals surface area contributed by atoms with Crippen molar-refractivity contribution < 1.29 is 28.2 Å². The minimum atomic E-state index is -0.605. The van der Waals surface area contributed by atoms with Gasteiger partial charge >= 0.3 is 5.97 Å². The molecule has 4 aromatic rings. The zero-order valence-electron chi connectivity index (χ0n) is 23.4. The van der Waals surface area contributed by atoms with Gasteiger partial charge in [-0.3, -0.25) is 9.78 Å². The normalized spacial score (nSPS) is 13.1. The number of carbonyl (C=O) groups excluding carboxylic acids is 2. The first-order valence-electron chi connectivity index (χ1n) is 13.3. The van der Waals surface area contributed by atoms with Crippen molar-refractivity contribution in [2.45, 2.75) is 19.9 Å². The molecule has 42 heavy (non-hydrogen) atoms. The molecule has 0 saturated carbocycles. The van der Waals surface area contributed by atoms with Gasteiger partial charge in [0.2, 0.25) is 11.7 Å². The van der Waals surface area contributed by atoms with E-state index in [0.29, 0.717) is 17.7 Å². The average molecular weight is 565 g/mol. The van der Waals surface area contributed by atoms with Crippen LogP contribution in [-0.4, -0.2) is 31.1 Å². The molecule has 0 unspecified atom stereocenters. The van der Waals surface area contributed by atoms with E-state index in [9.17, 15) is 14.0 Å². The standard InChI is InChI=1S/C34H29FN2O5/c1-21-27(14-23-15-30(40-2)33(31(16-23)41-3)42-34(39)24-10-7-13-36-20-24)26-12-11-25(35)17-29(26)28(21)18-32(38)37-19-22-8-5-4-6-9-22/h4-17,20H,18-19H2,1-3H3,(H,37,38)/b27-14-. The van der Waals surface area contributed by atoms with Crippen LogP contribution < -0.4 is 19.5 Å². The predicted molar refractivity (Wildman–Crippen MR) is 159 cm³/mol. The van der Waals surface area contributed by atoms with Crippen LogP contribution in [0.3, 0.4) is 0 Å². The number of pyridine rings is 1. The van der Waals surface area contributed by atoms with Gasteiger partial charge in [-0.1, -0.05) is 36.4 Å². The van der Waals surface area contributed by atoms with E-state index in [4.69, 9.17) is 14.2 Å². The first-order valence-corrected chi connectivity index (χ1v) is 13.3. The number of nitrogens with one attached hydrogen (secondary N) is 1. The van der Waals surface area contributed by atoms with Crippen molar-refractivity contribution in [3.8, 4) is 17.2 Å². The molecule has 7 nitrogen and oxygen atoms in total. The number of ether oxygens (including phenoxy) is 3. The Bertz CT molecular complexity index is 1670. The lowest BCUT2D eigenvalue weighted by atomic mass is 10.00. The molecule has 0 spiro atoms. The van der Waals surface area contributed by atoms with Crippen LogP contribution in [0.4, 0.5) is 4.39 Å². The summed E-state index contributed by atoms with van der Waals surface area (Å²) in [5, 5.41) is 2.96. The summed E-state index contributed by atoms with van der Waals surface area (Å²) < 4.78 is 31.1. The van der Waals surface area contributed by atoms with E-state index >= 15 is 0 Å². The first-order chi connectivity index (χ1) is 20.4. The second kappa shape index (κ2) is 12.5. The fraction of sp³-hybridized carbons (Fsp3) is 0.147. The van der Waals surface area contributed by atoms with Crippen LogP contribution in [0, 0.1) is 5.82 Å². The molecule has 1 aliphatic carbocycles. The van der Waals surface area contributed by atoms with Gasteiger partial charge in [-0.15, -0.1) is 0 Å². The molecule has 0 radical (unpaired) electrons. The number of fused-ring (bicyclic) bond motifs is 1. The van der Waals surface area contributed by atoms with Crippen LogP contribution in [0.2, 0.25) is 0 Å². The summed E-state index contributed by atoms with van der Waals surface area (Å²) in [6, 6.07) is 20.9. The van der Waals surface area contributed by atoms with Crippen LogP contribution in [0.25, 0.3) is 17.2 Å². The zero-order valence-corrected chi connectivity index (χ0v) is 23.4. The Hall–Kier alpha value is -5.24. The lowest BCUT2D eigenvalue weighted by molar-refractivity contribution is -0.120. The highest BCUT2D eigenvalue weighted by molar-refractivity contribution is 6.08. The molecular formula is C34H29FN2O5. The minimum absolute atomic E-state index is 0.0995. The number of methoxy groups -OCH3 is 2. The lowest BCUT2D eigenvalue weighted by Crippen LogP contribution is -2.22. The van der Waals surface area contributed by atoms with Crippen LogP contribution in [-0.2, 0) is 11.3 Å². The maximum Gasteiger partial charge on any atom is 0.345 e. The monoisotopic (exact) mass is 564 g/mol. The van der Waals surface area contributed by atoms with Gasteiger partial charge in [0.1, 0.15) is 5.82 Å². The maximum atomic E-state index is 14.4. The fourth-order valence-electron chi connectivity index (χ4n) is 4.89. The third kappa shape index (κ3) is 6.07. The molecule has 1 heterocycles. The molecule has 0 atom stereocenters. The van der Waals surface area contributed by atoms with Gasteiger partial charge in [0.25, 0.3) is 0 Å². The second-order valence-electron chi connectivity index (χ2n) is 9.68. The van der Waals surface area contributed by atoms with Crippen LogP contribution in [0.15, 0.2) is 90.8 Å². The first kappa shape index (κ1) is 28.3. The van der Waals surface area contributed by atoms with Crippen molar-refractivity contribution in [3.05, 3.63) is 124 Å². The topological polar surface area (TPSA) is 86.8 Å². The highest BCUT2D eigenvalue weighted by Crippen LogP contribution is 2.45.